The smallest absolute Gasteiger partial charge is 0.130 e. The van der Waals surface area contributed by atoms with E-state index >= 15 is 0 Å². The van der Waals surface area contributed by atoms with E-state index in [1.54, 1.807) is 0 Å². The van der Waals surface area contributed by atoms with Gasteiger partial charge in [-0.25, -0.2) is 0 Å². The minimum Gasteiger partial charge on any atom is -0.507 e. The molecule has 44 heavy (non-hydrogen) atoms. The van der Waals surface area contributed by atoms with E-state index in [2.05, 4.69) is 82.3 Å². The van der Waals surface area contributed by atoms with E-state index in [1.807, 2.05) is 26.0 Å². The number of unbranched alkanes of at least 4 members (excludes halogenated alkanes) is 2. The fourth-order valence-corrected chi connectivity index (χ4v) is 7.27. The molecule has 0 fully saturated rings. The van der Waals surface area contributed by atoms with Gasteiger partial charge in [0.25, 0.3) is 0 Å². The Kier molecular flexibility index (Phi) is 11.4. The maximum atomic E-state index is 12.4. The number of allylic oxidation sites excluding steroid dienone is 2. The van der Waals surface area contributed by atoms with Crippen molar-refractivity contribution in [2.75, 3.05) is 0 Å². The average molecular weight is 592 g/mol. The topological polar surface area (TPSA) is 64.2 Å². The maximum absolute atomic E-state index is 12.4. The molecule has 1 aliphatic rings. The summed E-state index contributed by atoms with van der Waals surface area (Å²) in [6.45, 7) is 13.0. The Balaban J connectivity index is 2.06. The van der Waals surface area contributed by atoms with Gasteiger partial charge < -0.3 is 10.2 Å². The van der Waals surface area contributed by atoms with E-state index in [0.29, 0.717) is 30.2 Å². The van der Waals surface area contributed by atoms with Crippen molar-refractivity contribution in [3.8, 4) is 17.6 Å². The predicted molar refractivity (Wildman–Crippen MR) is 184 cm³/mol. The van der Waals surface area contributed by atoms with Gasteiger partial charge >= 0.3 is 0 Å². The van der Waals surface area contributed by atoms with Crippen molar-refractivity contribution in [3.63, 3.8) is 0 Å². The molecule has 3 heteroatoms. The third-order valence-corrected chi connectivity index (χ3v) is 10.3. The summed E-state index contributed by atoms with van der Waals surface area (Å²) >= 11 is 0. The molecule has 0 saturated carbocycles. The van der Waals surface area contributed by atoms with Crippen LogP contribution in [0.5, 0.6) is 11.5 Å². The van der Waals surface area contributed by atoms with Crippen LogP contribution in [-0.2, 0) is 12.8 Å². The SMILES string of the molecule is CCCCCC(C)C(C)c1c(Cc2ccccc2)c(O)c(C2=C(C(C)(C)C#N)CCC(CC)C2)c(O)c1Cc1ccccc1. The molecule has 0 heterocycles. The van der Waals surface area contributed by atoms with Gasteiger partial charge in [-0.1, -0.05) is 120 Å². The zero-order valence-corrected chi connectivity index (χ0v) is 27.9. The van der Waals surface area contributed by atoms with Gasteiger partial charge in [0.1, 0.15) is 11.5 Å². The van der Waals surface area contributed by atoms with E-state index in [0.717, 1.165) is 71.1 Å². The molecule has 0 amide bonds. The van der Waals surface area contributed by atoms with Crippen LogP contribution in [-0.4, -0.2) is 10.2 Å². The number of nitrogens with zero attached hydrogens (tertiary/aromatic N) is 1. The maximum Gasteiger partial charge on any atom is 0.130 e. The van der Waals surface area contributed by atoms with Crippen LogP contribution >= 0.6 is 0 Å². The highest BCUT2D eigenvalue weighted by molar-refractivity contribution is 5.82. The molecule has 3 aromatic carbocycles. The average Bonchev–Trinajstić information content (AvgIpc) is 3.04. The lowest BCUT2D eigenvalue weighted by Crippen LogP contribution is -2.21. The minimum absolute atomic E-state index is 0.147. The van der Waals surface area contributed by atoms with Gasteiger partial charge in [-0.15, -0.1) is 0 Å². The van der Waals surface area contributed by atoms with Crippen LogP contribution in [0, 0.1) is 28.6 Å². The highest BCUT2D eigenvalue weighted by Gasteiger charge is 2.36. The first-order valence-electron chi connectivity index (χ1n) is 16.9. The first-order chi connectivity index (χ1) is 21.1. The zero-order chi connectivity index (χ0) is 31.9. The van der Waals surface area contributed by atoms with Gasteiger partial charge in [0.05, 0.1) is 17.0 Å². The van der Waals surface area contributed by atoms with Crippen molar-refractivity contribution in [3.05, 3.63) is 99.6 Å². The summed E-state index contributed by atoms with van der Waals surface area (Å²) in [5, 5.41) is 35.1. The molecule has 0 spiro atoms. The molecule has 0 radical (unpaired) electrons. The Bertz CT molecular complexity index is 1390. The van der Waals surface area contributed by atoms with Gasteiger partial charge in [-0.3, -0.25) is 0 Å². The molecule has 4 rings (SSSR count). The molecule has 3 unspecified atom stereocenters. The highest BCUT2D eigenvalue weighted by atomic mass is 16.3. The normalized spacial score (nSPS) is 16.9. The first-order valence-corrected chi connectivity index (χ1v) is 16.9. The van der Waals surface area contributed by atoms with E-state index < -0.39 is 5.41 Å². The fourth-order valence-electron chi connectivity index (χ4n) is 7.27. The molecule has 1 aliphatic carbocycles. The molecule has 3 aromatic rings. The lowest BCUT2D eigenvalue weighted by Gasteiger charge is -2.35. The molecular weight excluding hydrogens is 538 g/mol. The second-order valence-corrected chi connectivity index (χ2v) is 13.7. The number of phenols is 2. The summed E-state index contributed by atoms with van der Waals surface area (Å²) in [5.41, 5.74) is 7.11. The number of hydrogen-bond donors (Lipinski definition) is 2. The van der Waals surface area contributed by atoms with Crippen molar-refractivity contribution < 1.29 is 10.2 Å². The molecule has 234 valence electrons. The predicted octanol–water partition coefficient (Wildman–Crippen LogP) is 11.1. The summed E-state index contributed by atoms with van der Waals surface area (Å²) < 4.78 is 0. The van der Waals surface area contributed by atoms with E-state index in [9.17, 15) is 15.5 Å². The number of rotatable bonds is 13. The van der Waals surface area contributed by atoms with Crippen LogP contribution in [0.2, 0.25) is 0 Å². The lowest BCUT2D eigenvalue weighted by atomic mass is 9.69. The molecule has 2 N–H and O–H groups in total. The molecule has 0 bridgehead atoms. The Morgan fingerprint density at radius 3 is 1.89 bits per heavy atom. The zero-order valence-electron chi connectivity index (χ0n) is 27.9. The van der Waals surface area contributed by atoms with Crippen molar-refractivity contribution in [1.29, 1.82) is 5.26 Å². The second kappa shape index (κ2) is 15.0. The van der Waals surface area contributed by atoms with Gasteiger partial charge in [0.15, 0.2) is 0 Å². The van der Waals surface area contributed by atoms with Crippen LogP contribution in [0.25, 0.3) is 5.57 Å². The van der Waals surface area contributed by atoms with Crippen LogP contribution in [0.3, 0.4) is 0 Å². The Morgan fingerprint density at radius 2 is 1.41 bits per heavy atom. The van der Waals surface area contributed by atoms with Crippen molar-refractivity contribution in [1.82, 2.24) is 0 Å². The Labute approximate surface area is 266 Å². The first kappa shape index (κ1) is 33.4. The van der Waals surface area contributed by atoms with E-state index in [1.165, 1.54) is 19.3 Å². The van der Waals surface area contributed by atoms with Gasteiger partial charge in [0.2, 0.25) is 0 Å². The molecule has 0 aliphatic heterocycles. The number of benzene rings is 3. The van der Waals surface area contributed by atoms with Crippen LogP contribution in [0.4, 0.5) is 0 Å². The van der Waals surface area contributed by atoms with Crippen molar-refractivity contribution in [2.45, 2.75) is 112 Å². The molecule has 0 aromatic heterocycles. The van der Waals surface area contributed by atoms with Gasteiger partial charge in [-0.05, 0) is 78.7 Å². The summed E-state index contributed by atoms with van der Waals surface area (Å²) in [5.74, 6) is 1.39. The number of hydrogen-bond acceptors (Lipinski definition) is 3. The summed E-state index contributed by atoms with van der Waals surface area (Å²) in [4.78, 5) is 0. The lowest BCUT2D eigenvalue weighted by molar-refractivity contribution is 0.405. The van der Waals surface area contributed by atoms with Gasteiger partial charge in [-0.2, -0.15) is 5.26 Å². The molecule has 3 nitrogen and oxygen atoms in total. The largest absolute Gasteiger partial charge is 0.507 e. The highest BCUT2D eigenvalue weighted by Crippen LogP contribution is 2.53. The minimum atomic E-state index is -0.689. The standard InChI is InChI=1S/C41H53NO2/c1-7-9-12-17-28(3)29(4)37-34(25-31-18-13-10-14-19-31)39(43)38(40(44)35(37)26-32-20-15-11-16-21-32)33-24-30(8-2)22-23-36(33)41(5,6)27-42/h10-11,13-16,18-21,28-30,43-44H,7-9,12,17,22-26H2,1-6H3. The second-order valence-electron chi connectivity index (χ2n) is 13.7. The summed E-state index contributed by atoms with van der Waals surface area (Å²) in [7, 11) is 0. The van der Waals surface area contributed by atoms with E-state index in [-0.39, 0.29) is 17.4 Å². The quantitative estimate of drug-likeness (QED) is 0.194. The third kappa shape index (κ3) is 7.40. The van der Waals surface area contributed by atoms with Crippen molar-refractivity contribution in [2.24, 2.45) is 17.3 Å². The fraction of sp³-hybridized carbons (Fsp3) is 0.488. The van der Waals surface area contributed by atoms with Crippen LogP contribution in [0.15, 0.2) is 66.2 Å². The Morgan fingerprint density at radius 1 is 0.864 bits per heavy atom. The van der Waals surface area contributed by atoms with Crippen LogP contribution < -0.4 is 0 Å². The van der Waals surface area contributed by atoms with Crippen molar-refractivity contribution >= 4 is 5.57 Å². The summed E-state index contributed by atoms with van der Waals surface area (Å²) in [6.07, 6.45) is 9.49. The van der Waals surface area contributed by atoms with Crippen LogP contribution in [0.1, 0.15) is 132 Å². The van der Waals surface area contributed by atoms with E-state index in [4.69, 9.17) is 0 Å². The summed E-state index contributed by atoms with van der Waals surface area (Å²) in [6, 6.07) is 23.3. The molecule has 0 saturated heterocycles. The Hall–Kier alpha value is -3.51. The monoisotopic (exact) mass is 591 g/mol. The number of aromatic hydroxyl groups is 2. The molecule has 3 atom stereocenters. The number of phenolic OH excluding ortho intramolecular Hbond substituents is 2. The third-order valence-electron chi connectivity index (χ3n) is 10.3. The van der Waals surface area contributed by atoms with Gasteiger partial charge in [0, 0.05) is 24.0 Å². The number of nitriles is 1. The molecular formula is C41H53NO2.